The molecule has 21 heavy (non-hydrogen) atoms. The highest BCUT2D eigenvalue weighted by molar-refractivity contribution is 7.81. The van der Waals surface area contributed by atoms with Crippen molar-refractivity contribution in [3.05, 3.63) is 79.1 Å². The summed E-state index contributed by atoms with van der Waals surface area (Å²) in [5, 5.41) is 15.8. The summed E-state index contributed by atoms with van der Waals surface area (Å²) in [5.41, 5.74) is 1.03. The summed E-state index contributed by atoms with van der Waals surface area (Å²) >= 11 is 5.36. The predicted octanol–water partition coefficient (Wildman–Crippen LogP) is 1.76. The number of pyridine rings is 1. The highest BCUT2D eigenvalue weighted by Crippen LogP contribution is 2.13. The molecule has 4 heteroatoms. The number of hydrogen-bond acceptors (Lipinski definition) is 2. The van der Waals surface area contributed by atoms with Crippen molar-refractivity contribution in [1.29, 1.82) is 0 Å². The summed E-state index contributed by atoms with van der Waals surface area (Å²) in [6.45, 7) is 4.16. The van der Waals surface area contributed by atoms with Crippen molar-refractivity contribution in [2.75, 3.05) is 6.54 Å². The minimum absolute atomic E-state index is 0.117. The summed E-state index contributed by atoms with van der Waals surface area (Å²) in [7, 11) is 0. The van der Waals surface area contributed by atoms with Crippen LogP contribution < -0.4 is 15.0 Å². The molecule has 1 aromatic heterocycles. The van der Waals surface area contributed by atoms with E-state index in [1.165, 1.54) is 0 Å². The van der Waals surface area contributed by atoms with Crippen LogP contribution in [0.1, 0.15) is 5.56 Å². The van der Waals surface area contributed by atoms with Crippen LogP contribution in [0.4, 0.5) is 0 Å². The molecule has 2 rings (SSSR count). The summed E-state index contributed by atoms with van der Waals surface area (Å²) in [4.78, 5) is 0.403. The maximum atomic E-state index is 12.7. The van der Waals surface area contributed by atoms with Gasteiger partial charge in [-0.25, -0.2) is 0 Å². The van der Waals surface area contributed by atoms with Gasteiger partial charge in [0, 0.05) is 18.7 Å². The monoisotopic (exact) mass is 296 g/mol. The van der Waals surface area contributed by atoms with Crippen LogP contribution in [0.5, 0.6) is 0 Å². The topological polar surface area (TPSA) is 39.0 Å². The lowest BCUT2D eigenvalue weighted by molar-refractivity contribution is -0.577. The number of nitrogens with zero attached hydrogens (tertiary/aromatic N) is 1. The van der Waals surface area contributed by atoms with Gasteiger partial charge in [0.05, 0.1) is 0 Å². The molecule has 3 nitrogen and oxygen atoms in total. The van der Waals surface area contributed by atoms with Crippen LogP contribution in [0.2, 0.25) is 0 Å². The minimum Gasteiger partial charge on any atom is -0.867 e. The van der Waals surface area contributed by atoms with Crippen molar-refractivity contribution in [2.45, 2.75) is 0 Å². The van der Waals surface area contributed by atoms with E-state index in [4.69, 9.17) is 12.2 Å². The zero-order valence-electron chi connectivity index (χ0n) is 11.5. The van der Waals surface area contributed by atoms with Gasteiger partial charge in [0.2, 0.25) is 5.70 Å². The molecule has 0 aliphatic rings. The molecule has 0 fully saturated rings. The molecule has 0 unspecified atom stereocenters. The molecule has 0 aliphatic carbocycles. The van der Waals surface area contributed by atoms with Crippen LogP contribution in [-0.4, -0.2) is 11.5 Å². The third kappa shape index (κ3) is 3.77. The van der Waals surface area contributed by atoms with Crippen LogP contribution in [0.3, 0.4) is 0 Å². The normalized spacial score (nSPS) is 11.4. The Kier molecular flexibility index (Phi) is 5.23. The van der Waals surface area contributed by atoms with Crippen molar-refractivity contribution < 1.29 is 9.67 Å². The fourth-order valence-electron chi connectivity index (χ4n) is 1.86. The highest BCUT2D eigenvalue weighted by Gasteiger charge is 2.17. The van der Waals surface area contributed by atoms with Crippen molar-refractivity contribution >= 4 is 28.7 Å². The first kappa shape index (κ1) is 14.9. The predicted molar refractivity (Wildman–Crippen MR) is 87.0 cm³/mol. The van der Waals surface area contributed by atoms with Gasteiger partial charge < -0.3 is 10.4 Å². The van der Waals surface area contributed by atoms with Crippen molar-refractivity contribution in [3.63, 3.8) is 0 Å². The lowest BCUT2D eigenvalue weighted by atomic mass is 10.1. The minimum atomic E-state index is -0.117. The third-order valence-electron chi connectivity index (χ3n) is 2.85. The molecular weight excluding hydrogens is 280 g/mol. The van der Waals surface area contributed by atoms with E-state index in [9.17, 15) is 5.11 Å². The van der Waals surface area contributed by atoms with Gasteiger partial charge in [-0.05, 0) is 11.3 Å². The fraction of sp³-hybridized carbons (Fsp3) is 0.0588. The number of aromatic nitrogens is 1. The molecule has 0 spiro atoms. The van der Waals surface area contributed by atoms with E-state index in [2.05, 4.69) is 11.9 Å². The molecule has 1 heterocycles. The Morgan fingerprint density at radius 2 is 1.76 bits per heavy atom. The van der Waals surface area contributed by atoms with Gasteiger partial charge in [-0.15, -0.1) is 6.58 Å². The Labute approximate surface area is 129 Å². The first-order valence-corrected chi connectivity index (χ1v) is 6.97. The maximum absolute atomic E-state index is 12.7. The molecule has 0 atom stereocenters. The van der Waals surface area contributed by atoms with Crippen LogP contribution in [0.25, 0.3) is 11.5 Å². The van der Waals surface area contributed by atoms with E-state index in [1.807, 2.05) is 36.4 Å². The van der Waals surface area contributed by atoms with Crippen LogP contribution in [-0.2, 0) is 0 Å². The average molecular weight is 296 g/mol. The van der Waals surface area contributed by atoms with Crippen LogP contribution in [0, 0.1) is 0 Å². The van der Waals surface area contributed by atoms with Crippen molar-refractivity contribution in [3.8, 4) is 0 Å². The molecular formula is C17H16N2OS. The quantitative estimate of drug-likeness (QED) is 0.300. The molecule has 0 saturated heterocycles. The molecule has 2 aromatic rings. The van der Waals surface area contributed by atoms with Crippen molar-refractivity contribution in [1.82, 2.24) is 5.32 Å². The summed E-state index contributed by atoms with van der Waals surface area (Å²) in [6.07, 6.45) is 5.31. The fourth-order valence-corrected chi connectivity index (χ4v) is 2.14. The molecule has 0 aliphatic heterocycles. The van der Waals surface area contributed by atoms with Gasteiger partial charge in [0.25, 0.3) is 0 Å². The van der Waals surface area contributed by atoms with Gasteiger partial charge in [-0.3, -0.25) is 0 Å². The summed E-state index contributed by atoms with van der Waals surface area (Å²) in [5.74, 6) is -0.117. The zero-order chi connectivity index (χ0) is 15.1. The average Bonchev–Trinajstić information content (AvgIpc) is 2.55. The Hall–Kier alpha value is -2.46. The highest BCUT2D eigenvalue weighted by atomic mass is 32.1. The molecule has 0 bridgehead atoms. The molecule has 106 valence electrons. The Balaban J connectivity index is 2.50. The number of thiocarbonyl (C=S) groups is 1. The molecule has 0 radical (unpaired) electrons. The van der Waals surface area contributed by atoms with Crippen LogP contribution >= 0.6 is 12.2 Å². The Morgan fingerprint density at radius 1 is 1.14 bits per heavy atom. The van der Waals surface area contributed by atoms with E-state index in [-0.39, 0.29) is 5.76 Å². The summed E-state index contributed by atoms with van der Waals surface area (Å²) < 4.78 is 1.73. The van der Waals surface area contributed by atoms with Gasteiger partial charge in [0.1, 0.15) is 0 Å². The standard InChI is InChI=1S/C17H16N2OS/c1-2-11-18-17(21)15(19-12-7-4-8-13-19)16(20)14-9-5-3-6-10-14/h2-10,12-13H,1,11H2,(H-,18,20,21). The number of benzene rings is 1. The Bertz CT molecular complexity index is 651. The van der Waals surface area contributed by atoms with Gasteiger partial charge >= 0.3 is 0 Å². The SMILES string of the molecule is C=CCNC(=S)C(=C([O-])c1ccccc1)[n+]1ccccc1. The molecule has 1 aromatic carbocycles. The lowest BCUT2D eigenvalue weighted by Crippen LogP contribution is -2.42. The third-order valence-corrected chi connectivity index (χ3v) is 3.18. The van der Waals surface area contributed by atoms with E-state index >= 15 is 0 Å². The molecule has 0 saturated carbocycles. The number of hydrogen-bond donors (Lipinski definition) is 1. The van der Waals surface area contributed by atoms with E-state index in [1.54, 1.807) is 35.2 Å². The zero-order valence-corrected chi connectivity index (χ0v) is 12.3. The van der Waals surface area contributed by atoms with E-state index < -0.39 is 0 Å². The molecule has 0 amide bonds. The first-order chi connectivity index (χ1) is 10.2. The summed E-state index contributed by atoms with van der Waals surface area (Å²) in [6, 6.07) is 14.7. The smallest absolute Gasteiger partial charge is 0.237 e. The van der Waals surface area contributed by atoms with Gasteiger partial charge in [-0.2, -0.15) is 4.57 Å². The Morgan fingerprint density at radius 3 is 2.38 bits per heavy atom. The lowest BCUT2D eigenvalue weighted by Gasteiger charge is -2.16. The number of rotatable bonds is 5. The molecule has 1 N–H and O–H groups in total. The largest absolute Gasteiger partial charge is 0.867 e. The van der Waals surface area contributed by atoms with E-state index in [0.29, 0.717) is 22.8 Å². The van der Waals surface area contributed by atoms with Crippen molar-refractivity contribution in [2.24, 2.45) is 0 Å². The maximum Gasteiger partial charge on any atom is 0.237 e. The second-order valence-corrected chi connectivity index (χ2v) is 4.73. The number of nitrogens with one attached hydrogen (secondary N) is 1. The van der Waals surface area contributed by atoms with Gasteiger partial charge in [0.15, 0.2) is 17.4 Å². The van der Waals surface area contributed by atoms with Gasteiger partial charge in [-0.1, -0.05) is 54.7 Å². The second kappa shape index (κ2) is 7.36. The first-order valence-electron chi connectivity index (χ1n) is 6.56. The van der Waals surface area contributed by atoms with E-state index in [0.717, 1.165) is 0 Å². The van der Waals surface area contributed by atoms with Crippen LogP contribution in [0.15, 0.2) is 73.6 Å². The second-order valence-electron chi connectivity index (χ2n) is 4.33.